The molecule has 23 heavy (non-hydrogen) atoms. The van der Waals surface area contributed by atoms with E-state index in [4.69, 9.17) is 31.3 Å². The molecule has 1 aliphatic heterocycles. The standard InChI is InChI=1S/C14H27BNO6P/c1-10(19-7-14(2,3)16-8-17)5-18-9-20-12-4-11(6-21-23)22-13(12)15/h8,10-13H,4-7,9,23H2,1-3H3,(H,16,17). The van der Waals surface area contributed by atoms with E-state index >= 15 is 0 Å². The molecule has 0 bridgehead atoms. The summed E-state index contributed by atoms with van der Waals surface area (Å²) in [5.74, 6) is 0. The summed E-state index contributed by atoms with van der Waals surface area (Å²) < 4.78 is 27.1. The van der Waals surface area contributed by atoms with E-state index < -0.39 is 11.5 Å². The highest BCUT2D eigenvalue weighted by atomic mass is 31.0. The van der Waals surface area contributed by atoms with E-state index in [1.54, 1.807) is 0 Å². The van der Waals surface area contributed by atoms with Gasteiger partial charge < -0.3 is 28.8 Å². The first-order valence-corrected chi connectivity index (χ1v) is 8.10. The molecule has 0 aliphatic carbocycles. The van der Waals surface area contributed by atoms with Crippen molar-refractivity contribution in [3.05, 3.63) is 0 Å². The van der Waals surface area contributed by atoms with E-state index in [0.717, 1.165) is 0 Å². The van der Waals surface area contributed by atoms with Gasteiger partial charge in [0.05, 0.1) is 43.7 Å². The van der Waals surface area contributed by atoms with Crippen LogP contribution in [-0.2, 0) is 28.3 Å². The number of carbonyl (C=O) groups is 1. The van der Waals surface area contributed by atoms with Crippen molar-refractivity contribution in [1.82, 2.24) is 5.32 Å². The van der Waals surface area contributed by atoms with Gasteiger partial charge in [0, 0.05) is 21.9 Å². The van der Waals surface area contributed by atoms with E-state index in [1.807, 2.05) is 20.8 Å². The molecule has 1 N–H and O–H groups in total. The predicted octanol–water partition coefficient (Wildman–Crippen LogP) is 0.366. The number of nitrogens with one attached hydrogen (secondary N) is 1. The molecule has 0 aromatic heterocycles. The normalized spacial score (nSPS) is 26.2. The quantitative estimate of drug-likeness (QED) is 0.181. The third-order valence-electron chi connectivity index (χ3n) is 3.39. The second-order valence-corrected chi connectivity index (χ2v) is 6.59. The molecule has 5 unspecified atom stereocenters. The lowest BCUT2D eigenvalue weighted by Gasteiger charge is -2.25. The average Bonchev–Trinajstić information content (AvgIpc) is 2.82. The first-order chi connectivity index (χ1) is 10.9. The molecular formula is C14H27BNO6P. The third-order valence-corrected chi connectivity index (χ3v) is 3.58. The summed E-state index contributed by atoms with van der Waals surface area (Å²) in [6, 6.07) is -0.465. The number of rotatable bonds is 12. The Kier molecular flexibility index (Phi) is 9.58. The number of hydrogen-bond acceptors (Lipinski definition) is 6. The highest BCUT2D eigenvalue weighted by molar-refractivity contribution is 7.09. The smallest absolute Gasteiger partial charge is 0.207 e. The minimum absolute atomic E-state index is 0.0534. The number of amides is 1. The molecule has 5 atom stereocenters. The Bertz CT molecular complexity index is 349. The van der Waals surface area contributed by atoms with Crippen LogP contribution in [0.1, 0.15) is 27.2 Å². The zero-order chi connectivity index (χ0) is 17.3. The first kappa shape index (κ1) is 20.8. The van der Waals surface area contributed by atoms with Crippen LogP contribution in [0.15, 0.2) is 0 Å². The van der Waals surface area contributed by atoms with Gasteiger partial charge in [-0.1, -0.05) is 0 Å². The molecule has 9 heteroatoms. The lowest BCUT2D eigenvalue weighted by atomic mass is 9.94. The maximum absolute atomic E-state index is 10.5. The van der Waals surface area contributed by atoms with Crippen molar-refractivity contribution in [1.29, 1.82) is 0 Å². The van der Waals surface area contributed by atoms with Crippen molar-refractivity contribution in [3.8, 4) is 0 Å². The zero-order valence-electron chi connectivity index (χ0n) is 14.0. The van der Waals surface area contributed by atoms with Gasteiger partial charge in [0.15, 0.2) is 0 Å². The maximum atomic E-state index is 10.5. The molecule has 1 fully saturated rings. The average molecular weight is 347 g/mol. The summed E-state index contributed by atoms with van der Waals surface area (Å²) in [6.07, 6.45) is 0.977. The van der Waals surface area contributed by atoms with E-state index in [0.29, 0.717) is 32.7 Å². The molecule has 7 nitrogen and oxygen atoms in total. The fourth-order valence-corrected chi connectivity index (χ4v) is 2.30. The SMILES string of the molecule is [B]C1OC(COP)CC1OCOCC(C)OCC(C)(C)NC=O. The molecule has 1 amide bonds. The predicted molar refractivity (Wildman–Crippen MR) is 89.1 cm³/mol. The van der Waals surface area contributed by atoms with Gasteiger partial charge >= 0.3 is 0 Å². The molecular weight excluding hydrogens is 320 g/mol. The minimum Gasteiger partial charge on any atom is -0.380 e. The van der Waals surface area contributed by atoms with Gasteiger partial charge in [-0.05, 0) is 20.8 Å². The highest BCUT2D eigenvalue weighted by Gasteiger charge is 2.32. The van der Waals surface area contributed by atoms with Gasteiger partial charge in [-0.3, -0.25) is 4.79 Å². The van der Waals surface area contributed by atoms with Crippen molar-refractivity contribution in [3.63, 3.8) is 0 Å². The van der Waals surface area contributed by atoms with Crippen LogP contribution < -0.4 is 5.32 Å². The van der Waals surface area contributed by atoms with Crippen LogP contribution in [0.2, 0.25) is 0 Å². The van der Waals surface area contributed by atoms with Gasteiger partial charge in [-0.15, -0.1) is 0 Å². The molecule has 0 spiro atoms. The highest BCUT2D eigenvalue weighted by Crippen LogP contribution is 2.22. The van der Waals surface area contributed by atoms with Crippen LogP contribution in [0.3, 0.4) is 0 Å². The molecule has 0 aromatic rings. The van der Waals surface area contributed by atoms with E-state index in [9.17, 15) is 4.79 Å². The fourth-order valence-electron chi connectivity index (χ4n) is 2.09. The molecule has 0 saturated carbocycles. The summed E-state index contributed by atoms with van der Waals surface area (Å²) in [5, 5.41) is 2.69. The number of hydrogen-bond donors (Lipinski definition) is 1. The Morgan fingerprint density at radius 1 is 1.52 bits per heavy atom. The van der Waals surface area contributed by atoms with E-state index in [1.165, 1.54) is 0 Å². The molecule has 2 radical (unpaired) electrons. The number of ether oxygens (including phenoxy) is 4. The summed E-state index contributed by atoms with van der Waals surface area (Å²) in [7, 11) is 8.03. The largest absolute Gasteiger partial charge is 0.380 e. The van der Waals surface area contributed by atoms with Crippen LogP contribution in [0.5, 0.6) is 0 Å². The monoisotopic (exact) mass is 347 g/mol. The van der Waals surface area contributed by atoms with Crippen LogP contribution in [0.25, 0.3) is 0 Å². The van der Waals surface area contributed by atoms with Gasteiger partial charge in [0.1, 0.15) is 14.6 Å². The van der Waals surface area contributed by atoms with Crippen LogP contribution >= 0.6 is 9.47 Å². The minimum atomic E-state index is -0.465. The molecule has 1 rings (SSSR count). The van der Waals surface area contributed by atoms with Gasteiger partial charge in [0.25, 0.3) is 0 Å². The Balaban J connectivity index is 2.11. The summed E-state index contributed by atoms with van der Waals surface area (Å²) in [4.78, 5) is 10.5. The van der Waals surface area contributed by atoms with Crippen LogP contribution in [0.4, 0.5) is 0 Å². The Hall–Kier alpha value is -0.235. The molecule has 1 saturated heterocycles. The van der Waals surface area contributed by atoms with Gasteiger partial charge in [-0.2, -0.15) is 0 Å². The Morgan fingerprint density at radius 3 is 2.91 bits per heavy atom. The molecule has 1 heterocycles. The fraction of sp³-hybridized carbons (Fsp3) is 0.929. The molecule has 1 aliphatic rings. The summed E-state index contributed by atoms with van der Waals surface area (Å²) in [5.41, 5.74) is -0.408. The second kappa shape index (κ2) is 10.6. The Labute approximate surface area is 141 Å². The molecule has 132 valence electrons. The van der Waals surface area contributed by atoms with Crippen molar-refractivity contribution in [2.24, 2.45) is 0 Å². The van der Waals surface area contributed by atoms with Gasteiger partial charge in [-0.25, -0.2) is 0 Å². The topological polar surface area (TPSA) is 75.2 Å². The van der Waals surface area contributed by atoms with Crippen molar-refractivity contribution < 1.29 is 28.3 Å². The maximum Gasteiger partial charge on any atom is 0.207 e. The third kappa shape index (κ3) is 8.43. The van der Waals surface area contributed by atoms with Crippen LogP contribution in [-0.4, -0.2) is 70.7 Å². The number of carbonyl (C=O) groups excluding carboxylic acids is 1. The van der Waals surface area contributed by atoms with Crippen molar-refractivity contribution in [2.45, 2.75) is 57.0 Å². The summed E-state index contributed by atoms with van der Waals surface area (Å²) >= 11 is 0. The van der Waals surface area contributed by atoms with Crippen LogP contribution in [0, 0.1) is 0 Å². The van der Waals surface area contributed by atoms with E-state index in [2.05, 4.69) is 14.8 Å². The second-order valence-electron chi connectivity index (χ2n) is 6.25. The Morgan fingerprint density at radius 2 is 2.26 bits per heavy atom. The lowest BCUT2D eigenvalue weighted by Crippen LogP contribution is -2.43. The van der Waals surface area contributed by atoms with Gasteiger partial charge in [0.2, 0.25) is 6.41 Å². The molecule has 0 aromatic carbocycles. The van der Waals surface area contributed by atoms with Crippen molar-refractivity contribution in [2.75, 3.05) is 26.6 Å². The zero-order valence-corrected chi connectivity index (χ0v) is 15.2. The lowest BCUT2D eigenvalue weighted by molar-refractivity contribution is -0.121. The van der Waals surface area contributed by atoms with E-state index in [-0.39, 0.29) is 25.1 Å². The summed E-state index contributed by atoms with van der Waals surface area (Å²) in [6.45, 7) is 7.04. The first-order valence-electron chi connectivity index (χ1n) is 7.63. The van der Waals surface area contributed by atoms with Crippen molar-refractivity contribution >= 4 is 23.7 Å².